The second kappa shape index (κ2) is 8.28. The minimum Gasteiger partial charge on any atom is -0.497 e. The van der Waals surface area contributed by atoms with Gasteiger partial charge in [0.1, 0.15) is 11.6 Å². The van der Waals surface area contributed by atoms with Gasteiger partial charge in [0.05, 0.1) is 18.2 Å². The average molecular weight is 345 g/mol. The summed E-state index contributed by atoms with van der Waals surface area (Å²) in [5.74, 6) is -1.71. The molecule has 132 valence electrons. The Morgan fingerprint density at radius 2 is 1.88 bits per heavy atom. The molecule has 0 bridgehead atoms. The number of benzene rings is 2. The van der Waals surface area contributed by atoms with Crippen molar-refractivity contribution in [3.05, 3.63) is 65.0 Å². The van der Waals surface area contributed by atoms with Crippen LogP contribution in [-0.2, 0) is 6.42 Å². The van der Waals surface area contributed by atoms with Crippen LogP contribution in [0.15, 0.2) is 42.5 Å². The number of nitrogens with one attached hydrogen (secondary N) is 1. The van der Waals surface area contributed by atoms with E-state index in [0.717, 1.165) is 23.8 Å². The van der Waals surface area contributed by atoms with Gasteiger partial charge in [0.2, 0.25) is 0 Å². The van der Waals surface area contributed by atoms with Crippen LogP contribution in [0.25, 0.3) is 0 Å². The monoisotopic (exact) mass is 345 g/mol. The highest BCUT2D eigenvalue weighted by Crippen LogP contribution is 2.15. The lowest BCUT2D eigenvalue weighted by Crippen LogP contribution is -2.29. The van der Waals surface area contributed by atoms with Crippen LogP contribution in [0, 0.1) is 11.7 Å². The summed E-state index contributed by atoms with van der Waals surface area (Å²) in [5, 5.41) is 11.5. The van der Waals surface area contributed by atoms with E-state index in [2.05, 4.69) is 5.32 Å². The minimum absolute atomic E-state index is 0.152. The van der Waals surface area contributed by atoms with Crippen LogP contribution in [0.4, 0.5) is 4.39 Å². The Hall–Kier alpha value is -2.89. The lowest BCUT2D eigenvalue weighted by molar-refractivity contribution is 0.0695. The number of amides is 1. The SMILES string of the molecule is COc1ccc(CC(C)CNC(=O)c2ccc(C(=O)O)cc2F)cc1. The van der Waals surface area contributed by atoms with Crippen LogP contribution in [0.1, 0.15) is 33.2 Å². The van der Waals surface area contributed by atoms with Gasteiger partial charge in [0.15, 0.2) is 0 Å². The molecule has 0 aliphatic carbocycles. The second-order valence-electron chi connectivity index (χ2n) is 5.87. The van der Waals surface area contributed by atoms with Gasteiger partial charge >= 0.3 is 5.97 Å². The van der Waals surface area contributed by atoms with E-state index in [1.54, 1.807) is 7.11 Å². The molecule has 1 atom stereocenters. The van der Waals surface area contributed by atoms with Gasteiger partial charge in [-0.25, -0.2) is 9.18 Å². The van der Waals surface area contributed by atoms with E-state index in [4.69, 9.17) is 9.84 Å². The maximum absolute atomic E-state index is 13.9. The van der Waals surface area contributed by atoms with Crippen LogP contribution in [0.2, 0.25) is 0 Å². The molecule has 6 heteroatoms. The molecule has 0 radical (unpaired) electrons. The maximum atomic E-state index is 13.9. The molecule has 2 aromatic carbocycles. The van der Waals surface area contributed by atoms with E-state index < -0.39 is 17.7 Å². The van der Waals surface area contributed by atoms with E-state index in [0.29, 0.717) is 6.54 Å². The molecular formula is C19H20FNO4. The highest BCUT2D eigenvalue weighted by atomic mass is 19.1. The van der Waals surface area contributed by atoms with Crippen LogP contribution in [0.5, 0.6) is 5.75 Å². The molecular weight excluding hydrogens is 325 g/mol. The number of carboxylic acid groups (broad SMARTS) is 1. The molecule has 0 saturated carbocycles. The zero-order valence-corrected chi connectivity index (χ0v) is 14.1. The maximum Gasteiger partial charge on any atom is 0.335 e. The zero-order valence-electron chi connectivity index (χ0n) is 14.1. The summed E-state index contributed by atoms with van der Waals surface area (Å²) in [7, 11) is 1.61. The van der Waals surface area contributed by atoms with Gasteiger partial charge in [-0.3, -0.25) is 4.79 Å². The lowest BCUT2D eigenvalue weighted by Gasteiger charge is -2.13. The van der Waals surface area contributed by atoms with Crippen LogP contribution in [0.3, 0.4) is 0 Å². The molecule has 5 nitrogen and oxygen atoms in total. The van der Waals surface area contributed by atoms with Gasteiger partial charge in [-0.2, -0.15) is 0 Å². The number of ether oxygens (including phenoxy) is 1. The second-order valence-corrected chi connectivity index (χ2v) is 5.87. The molecule has 2 aromatic rings. The Bertz CT molecular complexity index is 759. The summed E-state index contributed by atoms with van der Waals surface area (Å²) in [4.78, 5) is 22.9. The summed E-state index contributed by atoms with van der Waals surface area (Å²) in [5.41, 5.74) is 0.753. The molecule has 1 unspecified atom stereocenters. The van der Waals surface area contributed by atoms with E-state index in [9.17, 15) is 14.0 Å². The lowest BCUT2D eigenvalue weighted by atomic mass is 10.0. The number of halogens is 1. The molecule has 0 aliphatic rings. The fourth-order valence-electron chi connectivity index (χ4n) is 2.43. The number of rotatable bonds is 7. The van der Waals surface area contributed by atoms with E-state index in [1.807, 2.05) is 31.2 Å². The van der Waals surface area contributed by atoms with Crippen molar-refractivity contribution in [3.63, 3.8) is 0 Å². The van der Waals surface area contributed by atoms with Crippen LogP contribution in [-0.4, -0.2) is 30.6 Å². The van der Waals surface area contributed by atoms with E-state index in [1.165, 1.54) is 12.1 Å². The molecule has 2 rings (SSSR count). The number of carbonyl (C=O) groups is 2. The number of hydrogen-bond donors (Lipinski definition) is 2. The van der Waals surface area contributed by atoms with Crippen molar-refractivity contribution in [3.8, 4) is 5.75 Å². The van der Waals surface area contributed by atoms with Crippen molar-refractivity contribution in [2.45, 2.75) is 13.3 Å². The molecule has 0 heterocycles. The number of hydrogen-bond acceptors (Lipinski definition) is 3. The Kier molecular flexibility index (Phi) is 6.11. The molecule has 25 heavy (non-hydrogen) atoms. The third-order valence-electron chi connectivity index (χ3n) is 3.81. The third-order valence-corrected chi connectivity index (χ3v) is 3.81. The van der Waals surface area contributed by atoms with Crippen LogP contribution >= 0.6 is 0 Å². The quantitative estimate of drug-likeness (QED) is 0.808. The number of methoxy groups -OCH3 is 1. The van der Waals surface area contributed by atoms with Gasteiger partial charge in [-0.15, -0.1) is 0 Å². The highest BCUT2D eigenvalue weighted by molar-refractivity contribution is 5.96. The fraction of sp³-hybridized carbons (Fsp3) is 0.263. The fourth-order valence-corrected chi connectivity index (χ4v) is 2.43. The normalized spacial score (nSPS) is 11.6. The highest BCUT2D eigenvalue weighted by Gasteiger charge is 2.15. The predicted molar refractivity (Wildman–Crippen MR) is 91.6 cm³/mol. The Morgan fingerprint density at radius 3 is 2.44 bits per heavy atom. The molecule has 0 aromatic heterocycles. The van der Waals surface area contributed by atoms with E-state index in [-0.39, 0.29) is 17.0 Å². The number of carboxylic acids is 1. The van der Waals surface area contributed by atoms with E-state index >= 15 is 0 Å². The van der Waals surface area contributed by atoms with Gasteiger partial charge in [-0.1, -0.05) is 19.1 Å². The Labute approximate surface area is 145 Å². The summed E-state index contributed by atoms with van der Waals surface area (Å²) in [6.07, 6.45) is 0.755. The summed E-state index contributed by atoms with van der Waals surface area (Å²) in [6.45, 7) is 2.36. The molecule has 1 amide bonds. The van der Waals surface area contributed by atoms with Crippen LogP contribution < -0.4 is 10.1 Å². The summed E-state index contributed by atoms with van der Waals surface area (Å²) >= 11 is 0. The van der Waals surface area contributed by atoms with Crippen molar-refractivity contribution in [2.75, 3.05) is 13.7 Å². The van der Waals surface area contributed by atoms with Gasteiger partial charge in [0.25, 0.3) is 5.91 Å². The van der Waals surface area contributed by atoms with Gasteiger partial charge < -0.3 is 15.2 Å². The first-order chi connectivity index (χ1) is 11.9. The first-order valence-electron chi connectivity index (χ1n) is 7.84. The third kappa shape index (κ3) is 5.04. The molecule has 0 fully saturated rings. The molecule has 0 aliphatic heterocycles. The predicted octanol–water partition coefficient (Wildman–Crippen LogP) is 3.14. The summed E-state index contributed by atoms with van der Waals surface area (Å²) in [6, 6.07) is 10.9. The largest absolute Gasteiger partial charge is 0.497 e. The van der Waals surface area contributed by atoms with Crippen molar-refractivity contribution in [1.82, 2.24) is 5.32 Å². The molecule has 2 N–H and O–H groups in total. The topological polar surface area (TPSA) is 75.6 Å². The van der Waals surface area contributed by atoms with Gasteiger partial charge in [0, 0.05) is 6.54 Å². The van der Waals surface area contributed by atoms with Crippen molar-refractivity contribution < 1.29 is 23.8 Å². The Balaban J connectivity index is 1.91. The average Bonchev–Trinajstić information content (AvgIpc) is 2.60. The number of aromatic carboxylic acids is 1. The van der Waals surface area contributed by atoms with Crippen molar-refractivity contribution >= 4 is 11.9 Å². The first-order valence-corrected chi connectivity index (χ1v) is 7.84. The number of carbonyl (C=O) groups excluding carboxylic acids is 1. The first kappa shape index (κ1) is 18.4. The van der Waals surface area contributed by atoms with Gasteiger partial charge in [-0.05, 0) is 48.2 Å². The molecule has 0 saturated heterocycles. The van der Waals surface area contributed by atoms with Crippen molar-refractivity contribution in [2.24, 2.45) is 5.92 Å². The summed E-state index contributed by atoms with van der Waals surface area (Å²) < 4.78 is 19.0. The smallest absolute Gasteiger partial charge is 0.335 e. The molecule has 0 spiro atoms. The minimum atomic E-state index is -1.24. The Morgan fingerprint density at radius 1 is 1.20 bits per heavy atom. The standard InChI is InChI=1S/C19H20FNO4/c1-12(9-13-3-6-15(25-2)7-4-13)11-21-18(22)16-8-5-14(19(23)24)10-17(16)20/h3-8,10,12H,9,11H2,1-2H3,(H,21,22)(H,23,24). The van der Waals surface area contributed by atoms with Crippen molar-refractivity contribution in [1.29, 1.82) is 0 Å². The zero-order chi connectivity index (χ0) is 18.4.